The molecule has 88 valence electrons. The predicted octanol–water partition coefficient (Wildman–Crippen LogP) is 3.90. The SMILES string of the molecule is CC(C)CCC(C)NCCC1=CCCC1. The molecule has 1 rings (SSSR count). The molecule has 1 heteroatoms. The molecule has 15 heavy (non-hydrogen) atoms. The Morgan fingerprint density at radius 3 is 2.67 bits per heavy atom. The molecule has 0 heterocycles. The molecule has 0 radical (unpaired) electrons. The van der Waals surface area contributed by atoms with Crippen LogP contribution in [0.5, 0.6) is 0 Å². The Morgan fingerprint density at radius 2 is 2.07 bits per heavy atom. The smallest absolute Gasteiger partial charge is 0.00389 e. The Balaban J connectivity index is 1.98. The Hall–Kier alpha value is -0.300. The predicted molar refractivity (Wildman–Crippen MR) is 68.1 cm³/mol. The molecule has 1 atom stereocenters. The summed E-state index contributed by atoms with van der Waals surface area (Å²) in [7, 11) is 0. The van der Waals surface area contributed by atoms with Crippen LogP contribution in [0.1, 0.15) is 59.3 Å². The first-order valence-electron chi connectivity index (χ1n) is 6.59. The van der Waals surface area contributed by atoms with Crippen molar-refractivity contribution in [3.05, 3.63) is 11.6 Å². The van der Waals surface area contributed by atoms with E-state index in [1.807, 2.05) is 0 Å². The highest BCUT2D eigenvalue weighted by atomic mass is 14.9. The summed E-state index contributed by atoms with van der Waals surface area (Å²) in [5, 5.41) is 3.62. The first-order valence-corrected chi connectivity index (χ1v) is 6.59. The van der Waals surface area contributed by atoms with Crippen molar-refractivity contribution in [1.29, 1.82) is 0 Å². The second kappa shape index (κ2) is 7.05. The number of nitrogens with one attached hydrogen (secondary N) is 1. The van der Waals surface area contributed by atoms with Gasteiger partial charge in [-0.1, -0.05) is 25.5 Å². The lowest BCUT2D eigenvalue weighted by Crippen LogP contribution is -2.27. The Morgan fingerprint density at radius 1 is 1.27 bits per heavy atom. The molecular formula is C14H27N. The zero-order valence-electron chi connectivity index (χ0n) is 10.7. The van der Waals surface area contributed by atoms with Crippen molar-refractivity contribution in [2.75, 3.05) is 6.54 Å². The standard InChI is InChI=1S/C14H27N/c1-12(2)8-9-13(3)15-11-10-14-6-4-5-7-14/h6,12-13,15H,4-5,7-11H2,1-3H3. The van der Waals surface area contributed by atoms with E-state index >= 15 is 0 Å². The lowest BCUT2D eigenvalue weighted by molar-refractivity contribution is 0.453. The molecular weight excluding hydrogens is 182 g/mol. The summed E-state index contributed by atoms with van der Waals surface area (Å²) in [5.41, 5.74) is 1.68. The maximum Gasteiger partial charge on any atom is 0.00389 e. The van der Waals surface area contributed by atoms with E-state index in [2.05, 4.69) is 32.2 Å². The Kier molecular flexibility index (Phi) is 6.00. The Bertz CT molecular complexity index is 194. The van der Waals surface area contributed by atoms with Crippen molar-refractivity contribution < 1.29 is 0 Å². The summed E-state index contributed by atoms with van der Waals surface area (Å²) in [6.07, 6.45) is 10.4. The van der Waals surface area contributed by atoms with Crippen molar-refractivity contribution in [3.63, 3.8) is 0 Å². The maximum atomic E-state index is 3.62. The maximum absolute atomic E-state index is 3.62. The highest BCUT2D eigenvalue weighted by molar-refractivity contribution is 5.07. The van der Waals surface area contributed by atoms with Crippen molar-refractivity contribution >= 4 is 0 Å². The van der Waals surface area contributed by atoms with Crippen LogP contribution >= 0.6 is 0 Å². The lowest BCUT2D eigenvalue weighted by Gasteiger charge is -2.15. The molecule has 0 amide bonds. The molecule has 1 aliphatic carbocycles. The van der Waals surface area contributed by atoms with Crippen LogP contribution in [0.15, 0.2) is 11.6 Å². The van der Waals surface area contributed by atoms with Gasteiger partial charge in [0.25, 0.3) is 0 Å². The second-order valence-electron chi connectivity index (χ2n) is 5.33. The molecule has 0 bridgehead atoms. The van der Waals surface area contributed by atoms with E-state index in [0.29, 0.717) is 6.04 Å². The van der Waals surface area contributed by atoms with Crippen LogP contribution in [0.25, 0.3) is 0 Å². The van der Waals surface area contributed by atoms with E-state index in [1.165, 1.54) is 45.1 Å². The van der Waals surface area contributed by atoms with Gasteiger partial charge in [-0.2, -0.15) is 0 Å². The van der Waals surface area contributed by atoms with Gasteiger partial charge >= 0.3 is 0 Å². The van der Waals surface area contributed by atoms with Gasteiger partial charge in [0.2, 0.25) is 0 Å². The quantitative estimate of drug-likeness (QED) is 0.627. The third kappa shape index (κ3) is 5.99. The van der Waals surface area contributed by atoms with Gasteiger partial charge in [0.15, 0.2) is 0 Å². The van der Waals surface area contributed by atoms with Crippen LogP contribution in [0.2, 0.25) is 0 Å². The summed E-state index contributed by atoms with van der Waals surface area (Å²) in [6, 6.07) is 0.689. The zero-order valence-corrected chi connectivity index (χ0v) is 10.7. The van der Waals surface area contributed by atoms with Crippen LogP contribution in [-0.2, 0) is 0 Å². The summed E-state index contributed by atoms with van der Waals surface area (Å²) >= 11 is 0. The molecule has 0 aromatic carbocycles. The van der Waals surface area contributed by atoms with Crippen molar-refractivity contribution in [1.82, 2.24) is 5.32 Å². The third-order valence-electron chi connectivity index (χ3n) is 3.25. The third-order valence-corrected chi connectivity index (χ3v) is 3.25. The van der Waals surface area contributed by atoms with Crippen LogP contribution < -0.4 is 5.32 Å². The summed E-state index contributed by atoms with van der Waals surface area (Å²) in [5.74, 6) is 0.840. The van der Waals surface area contributed by atoms with Crippen molar-refractivity contribution in [2.45, 2.75) is 65.3 Å². The molecule has 0 aromatic rings. The van der Waals surface area contributed by atoms with Crippen LogP contribution in [0, 0.1) is 5.92 Å². The molecule has 1 unspecified atom stereocenters. The molecule has 0 saturated carbocycles. The van der Waals surface area contributed by atoms with Gasteiger partial charge in [-0.3, -0.25) is 0 Å². The second-order valence-corrected chi connectivity index (χ2v) is 5.33. The molecule has 0 saturated heterocycles. The zero-order chi connectivity index (χ0) is 11.1. The van der Waals surface area contributed by atoms with Gasteiger partial charge in [-0.15, -0.1) is 0 Å². The van der Waals surface area contributed by atoms with Gasteiger partial charge in [0.1, 0.15) is 0 Å². The number of hydrogen-bond donors (Lipinski definition) is 1. The van der Waals surface area contributed by atoms with E-state index < -0.39 is 0 Å². The first kappa shape index (κ1) is 12.8. The van der Waals surface area contributed by atoms with E-state index in [9.17, 15) is 0 Å². The molecule has 0 aliphatic heterocycles. The highest BCUT2D eigenvalue weighted by Crippen LogP contribution is 2.19. The monoisotopic (exact) mass is 209 g/mol. The molecule has 0 aromatic heterocycles. The lowest BCUT2D eigenvalue weighted by atomic mass is 10.0. The molecule has 1 nitrogen and oxygen atoms in total. The van der Waals surface area contributed by atoms with E-state index in [-0.39, 0.29) is 0 Å². The van der Waals surface area contributed by atoms with Gasteiger partial charge in [0, 0.05) is 6.04 Å². The summed E-state index contributed by atoms with van der Waals surface area (Å²) < 4.78 is 0. The van der Waals surface area contributed by atoms with Gasteiger partial charge < -0.3 is 5.32 Å². The fraction of sp³-hybridized carbons (Fsp3) is 0.857. The van der Waals surface area contributed by atoms with Gasteiger partial charge in [0.05, 0.1) is 0 Å². The normalized spacial score (nSPS) is 18.3. The van der Waals surface area contributed by atoms with E-state index in [4.69, 9.17) is 0 Å². The minimum Gasteiger partial charge on any atom is -0.314 e. The van der Waals surface area contributed by atoms with E-state index in [0.717, 1.165) is 5.92 Å². The van der Waals surface area contributed by atoms with Crippen LogP contribution in [-0.4, -0.2) is 12.6 Å². The van der Waals surface area contributed by atoms with Gasteiger partial charge in [-0.05, 0) is 57.9 Å². The minimum atomic E-state index is 0.689. The molecule has 1 N–H and O–H groups in total. The topological polar surface area (TPSA) is 12.0 Å². The van der Waals surface area contributed by atoms with Crippen molar-refractivity contribution in [2.24, 2.45) is 5.92 Å². The van der Waals surface area contributed by atoms with Crippen LogP contribution in [0.3, 0.4) is 0 Å². The Labute approximate surface area is 95.3 Å². The minimum absolute atomic E-state index is 0.689. The summed E-state index contributed by atoms with van der Waals surface area (Å²) in [4.78, 5) is 0. The molecule has 0 spiro atoms. The van der Waals surface area contributed by atoms with E-state index in [1.54, 1.807) is 5.57 Å². The number of hydrogen-bond acceptors (Lipinski definition) is 1. The number of allylic oxidation sites excluding steroid dienone is 1. The fourth-order valence-electron chi connectivity index (χ4n) is 2.13. The largest absolute Gasteiger partial charge is 0.314 e. The number of rotatable bonds is 7. The molecule has 0 fully saturated rings. The highest BCUT2D eigenvalue weighted by Gasteiger charge is 2.06. The summed E-state index contributed by atoms with van der Waals surface area (Å²) in [6.45, 7) is 8.09. The average Bonchev–Trinajstić information content (AvgIpc) is 2.67. The fourth-order valence-corrected chi connectivity index (χ4v) is 2.13. The van der Waals surface area contributed by atoms with Crippen molar-refractivity contribution in [3.8, 4) is 0 Å². The average molecular weight is 209 g/mol. The molecule has 1 aliphatic rings. The van der Waals surface area contributed by atoms with Crippen LogP contribution in [0.4, 0.5) is 0 Å². The van der Waals surface area contributed by atoms with Gasteiger partial charge in [-0.25, -0.2) is 0 Å². The first-order chi connectivity index (χ1) is 7.18.